The van der Waals surface area contributed by atoms with Gasteiger partial charge in [0.25, 0.3) is 5.91 Å². The molecule has 0 atom stereocenters. The summed E-state index contributed by atoms with van der Waals surface area (Å²) < 4.78 is 0. The SMILES string of the molecule is Cc1cnc(C(=O)N2CCN(c3cc(N4CCN(C)CC4)nc(C)n3)CC2)cn1. The lowest BCUT2D eigenvalue weighted by atomic mass is 10.2. The van der Waals surface area contributed by atoms with Crippen molar-refractivity contribution in [3.8, 4) is 0 Å². The van der Waals surface area contributed by atoms with Crippen molar-refractivity contribution in [2.24, 2.45) is 0 Å². The lowest BCUT2D eigenvalue weighted by molar-refractivity contribution is 0.0740. The maximum Gasteiger partial charge on any atom is 0.274 e. The number of amides is 1. The number of likely N-dealkylation sites (N-methyl/N-ethyl adjacent to an activating group) is 1. The Labute approximate surface area is 171 Å². The highest BCUT2D eigenvalue weighted by Crippen LogP contribution is 2.21. The van der Waals surface area contributed by atoms with E-state index in [4.69, 9.17) is 0 Å². The van der Waals surface area contributed by atoms with Crippen molar-refractivity contribution in [1.29, 1.82) is 0 Å². The van der Waals surface area contributed by atoms with Gasteiger partial charge < -0.3 is 19.6 Å². The Kier molecular flexibility index (Phi) is 5.57. The molecule has 0 unspecified atom stereocenters. The number of piperazine rings is 2. The summed E-state index contributed by atoms with van der Waals surface area (Å²) in [6.45, 7) is 10.6. The molecule has 2 aliphatic heterocycles. The number of hydrogen-bond donors (Lipinski definition) is 0. The maximum absolute atomic E-state index is 12.7. The second-order valence-corrected chi connectivity index (χ2v) is 7.74. The second kappa shape index (κ2) is 8.28. The molecule has 2 aromatic heterocycles. The molecule has 154 valence electrons. The molecule has 4 rings (SSSR count). The fraction of sp³-hybridized carbons (Fsp3) is 0.550. The number of carbonyl (C=O) groups excluding carboxylic acids is 1. The molecule has 0 spiro atoms. The van der Waals surface area contributed by atoms with E-state index in [1.165, 1.54) is 0 Å². The van der Waals surface area contributed by atoms with Crippen molar-refractivity contribution >= 4 is 17.5 Å². The van der Waals surface area contributed by atoms with Crippen LogP contribution in [0.1, 0.15) is 22.0 Å². The van der Waals surface area contributed by atoms with E-state index in [0.717, 1.165) is 62.4 Å². The van der Waals surface area contributed by atoms with Gasteiger partial charge in [0.2, 0.25) is 0 Å². The molecule has 0 radical (unpaired) electrons. The zero-order valence-corrected chi connectivity index (χ0v) is 17.4. The summed E-state index contributed by atoms with van der Waals surface area (Å²) in [5, 5.41) is 0. The van der Waals surface area contributed by atoms with Crippen LogP contribution in [-0.4, -0.2) is 95.0 Å². The van der Waals surface area contributed by atoms with E-state index in [1.807, 2.05) is 18.7 Å². The molecule has 9 heteroatoms. The highest BCUT2D eigenvalue weighted by Gasteiger charge is 2.25. The van der Waals surface area contributed by atoms with Crippen molar-refractivity contribution in [3.05, 3.63) is 35.7 Å². The Bertz CT molecular complexity index is 855. The molecule has 29 heavy (non-hydrogen) atoms. The first-order valence-electron chi connectivity index (χ1n) is 10.1. The fourth-order valence-electron chi connectivity index (χ4n) is 3.70. The zero-order chi connectivity index (χ0) is 20.4. The fourth-order valence-corrected chi connectivity index (χ4v) is 3.70. The molecular formula is C20H28N8O. The van der Waals surface area contributed by atoms with Gasteiger partial charge in [-0.1, -0.05) is 0 Å². The number of hydrogen-bond acceptors (Lipinski definition) is 8. The highest BCUT2D eigenvalue weighted by atomic mass is 16.2. The van der Waals surface area contributed by atoms with Gasteiger partial charge in [-0.05, 0) is 20.9 Å². The van der Waals surface area contributed by atoms with Crippen LogP contribution in [0.25, 0.3) is 0 Å². The Morgan fingerprint density at radius 1 is 0.828 bits per heavy atom. The van der Waals surface area contributed by atoms with Gasteiger partial charge in [-0.25, -0.2) is 15.0 Å². The van der Waals surface area contributed by atoms with Crippen LogP contribution in [0.5, 0.6) is 0 Å². The first kappa shape index (κ1) is 19.5. The van der Waals surface area contributed by atoms with Crippen LogP contribution in [0.3, 0.4) is 0 Å². The largest absolute Gasteiger partial charge is 0.354 e. The Morgan fingerprint density at radius 2 is 1.41 bits per heavy atom. The number of anilines is 2. The van der Waals surface area contributed by atoms with Crippen LogP contribution in [0.2, 0.25) is 0 Å². The molecule has 2 aromatic rings. The van der Waals surface area contributed by atoms with Gasteiger partial charge >= 0.3 is 0 Å². The van der Waals surface area contributed by atoms with E-state index in [9.17, 15) is 4.79 Å². The third kappa shape index (κ3) is 4.45. The quantitative estimate of drug-likeness (QED) is 0.746. The smallest absolute Gasteiger partial charge is 0.274 e. The predicted octanol–water partition coefficient (Wildman–Crippen LogP) is 0.598. The molecule has 0 saturated carbocycles. The van der Waals surface area contributed by atoms with E-state index in [0.29, 0.717) is 18.8 Å². The van der Waals surface area contributed by atoms with E-state index in [-0.39, 0.29) is 5.91 Å². The Balaban J connectivity index is 1.41. The molecule has 2 fully saturated rings. The Hall–Kier alpha value is -2.81. The van der Waals surface area contributed by atoms with Crippen molar-refractivity contribution in [2.45, 2.75) is 13.8 Å². The van der Waals surface area contributed by atoms with Crippen molar-refractivity contribution in [1.82, 2.24) is 29.7 Å². The molecule has 0 bridgehead atoms. The molecule has 0 aromatic carbocycles. The summed E-state index contributed by atoms with van der Waals surface area (Å²) in [7, 11) is 2.15. The van der Waals surface area contributed by atoms with Crippen molar-refractivity contribution in [3.63, 3.8) is 0 Å². The Morgan fingerprint density at radius 3 is 1.97 bits per heavy atom. The zero-order valence-electron chi connectivity index (χ0n) is 17.4. The van der Waals surface area contributed by atoms with Gasteiger partial charge in [0.05, 0.1) is 11.9 Å². The first-order chi connectivity index (χ1) is 14.0. The minimum atomic E-state index is -0.0610. The van der Waals surface area contributed by atoms with Crippen LogP contribution in [0, 0.1) is 13.8 Å². The molecule has 1 amide bonds. The third-order valence-corrected chi connectivity index (χ3v) is 5.53. The van der Waals surface area contributed by atoms with Gasteiger partial charge in [0, 0.05) is 64.6 Å². The molecule has 9 nitrogen and oxygen atoms in total. The summed E-state index contributed by atoms with van der Waals surface area (Å²) in [5.41, 5.74) is 1.21. The lowest BCUT2D eigenvalue weighted by Gasteiger charge is -2.36. The minimum Gasteiger partial charge on any atom is -0.354 e. The van der Waals surface area contributed by atoms with Gasteiger partial charge in [-0.3, -0.25) is 9.78 Å². The van der Waals surface area contributed by atoms with Crippen LogP contribution >= 0.6 is 0 Å². The standard InChI is InChI=1S/C20H28N8O/c1-15-13-22-17(14-21-15)20(29)28-10-8-27(9-11-28)19-12-18(23-16(2)24-19)26-6-4-25(3)5-7-26/h12-14H,4-11H2,1-3H3. The molecule has 0 N–H and O–H groups in total. The maximum atomic E-state index is 12.7. The average molecular weight is 396 g/mol. The van der Waals surface area contributed by atoms with Crippen LogP contribution < -0.4 is 9.80 Å². The van der Waals surface area contributed by atoms with E-state index in [1.54, 1.807) is 12.4 Å². The number of aryl methyl sites for hydroxylation is 2. The van der Waals surface area contributed by atoms with Gasteiger partial charge in [0.1, 0.15) is 23.2 Å². The highest BCUT2D eigenvalue weighted by molar-refractivity contribution is 5.92. The monoisotopic (exact) mass is 396 g/mol. The molecule has 0 aliphatic carbocycles. The third-order valence-electron chi connectivity index (χ3n) is 5.53. The van der Waals surface area contributed by atoms with E-state index in [2.05, 4.69) is 47.7 Å². The van der Waals surface area contributed by atoms with Gasteiger partial charge in [-0.15, -0.1) is 0 Å². The van der Waals surface area contributed by atoms with Crippen LogP contribution in [-0.2, 0) is 0 Å². The molecule has 2 saturated heterocycles. The lowest BCUT2D eigenvalue weighted by Crippen LogP contribution is -2.49. The molecule has 4 heterocycles. The summed E-state index contributed by atoms with van der Waals surface area (Å²) in [6, 6.07) is 2.08. The number of nitrogens with zero attached hydrogens (tertiary/aromatic N) is 8. The predicted molar refractivity (Wildman–Crippen MR) is 111 cm³/mol. The summed E-state index contributed by atoms with van der Waals surface area (Å²) in [6.07, 6.45) is 3.19. The summed E-state index contributed by atoms with van der Waals surface area (Å²) in [5.74, 6) is 2.65. The van der Waals surface area contributed by atoms with Crippen molar-refractivity contribution < 1.29 is 4.79 Å². The number of aromatic nitrogens is 4. The van der Waals surface area contributed by atoms with E-state index >= 15 is 0 Å². The normalized spacial score (nSPS) is 18.2. The average Bonchev–Trinajstić information content (AvgIpc) is 2.74. The first-order valence-corrected chi connectivity index (χ1v) is 10.1. The van der Waals surface area contributed by atoms with Gasteiger partial charge in [-0.2, -0.15) is 0 Å². The molecule has 2 aliphatic rings. The molecular weight excluding hydrogens is 368 g/mol. The topological polar surface area (TPSA) is 81.6 Å². The van der Waals surface area contributed by atoms with Gasteiger partial charge in [0.15, 0.2) is 0 Å². The second-order valence-electron chi connectivity index (χ2n) is 7.74. The summed E-state index contributed by atoms with van der Waals surface area (Å²) in [4.78, 5) is 39.1. The van der Waals surface area contributed by atoms with E-state index < -0.39 is 0 Å². The number of carbonyl (C=O) groups is 1. The minimum absolute atomic E-state index is 0.0610. The summed E-state index contributed by atoms with van der Waals surface area (Å²) >= 11 is 0. The number of rotatable bonds is 3. The van der Waals surface area contributed by atoms with Crippen molar-refractivity contribution in [2.75, 3.05) is 69.2 Å². The van der Waals surface area contributed by atoms with Crippen LogP contribution in [0.15, 0.2) is 18.5 Å². The van der Waals surface area contributed by atoms with Crippen LogP contribution in [0.4, 0.5) is 11.6 Å².